The van der Waals surface area contributed by atoms with E-state index in [1.807, 2.05) is 18.2 Å². The van der Waals surface area contributed by atoms with Crippen molar-refractivity contribution in [3.63, 3.8) is 0 Å². The van der Waals surface area contributed by atoms with Crippen LogP contribution in [0.3, 0.4) is 0 Å². The number of nitrogens with zero attached hydrogens (tertiary/aromatic N) is 2. The van der Waals surface area contributed by atoms with Crippen molar-refractivity contribution in [2.24, 2.45) is 5.84 Å². The third kappa shape index (κ3) is 2.14. The number of anilines is 1. The van der Waals surface area contributed by atoms with Gasteiger partial charge in [-0.25, -0.2) is 10.8 Å². The van der Waals surface area contributed by atoms with Gasteiger partial charge in [-0.15, -0.1) is 0 Å². The molecular formula is C14H20N4O. The summed E-state index contributed by atoms with van der Waals surface area (Å²) in [4.78, 5) is 4.55. The fourth-order valence-electron chi connectivity index (χ4n) is 3.01. The lowest BCUT2D eigenvalue weighted by molar-refractivity contribution is 0.362. The van der Waals surface area contributed by atoms with Crippen LogP contribution < -0.4 is 16.0 Å². The average molecular weight is 260 g/mol. The molecule has 5 nitrogen and oxygen atoms in total. The van der Waals surface area contributed by atoms with E-state index in [1.54, 1.807) is 7.11 Å². The molecule has 1 fully saturated rings. The van der Waals surface area contributed by atoms with Crippen molar-refractivity contribution in [2.75, 3.05) is 12.5 Å². The van der Waals surface area contributed by atoms with Crippen LogP contribution in [0.1, 0.15) is 38.1 Å². The molecule has 0 radical (unpaired) electrons. The molecule has 0 unspecified atom stereocenters. The molecule has 5 heteroatoms. The standard InChI is InChI=1S/C14H20N4O/c1-19-11-7-8-12-13(9-11)18(14(16-12)17-15)10-5-3-2-4-6-10/h7-10H,2-6,15H2,1H3,(H,16,17). The first-order valence-electron chi connectivity index (χ1n) is 6.86. The van der Waals surface area contributed by atoms with Gasteiger partial charge in [-0.3, -0.25) is 5.43 Å². The lowest BCUT2D eigenvalue weighted by Gasteiger charge is -2.25. The Morgan fingerprint density at radius 3 is 2.79 bits per heavy atom. The Balaban J connectivity index is 2.12. The van der Waals surface area contributed by atoms with E-state index < -0.39 is 0 Å². The summed E-state index contributed by atoms with van der Waals surface area (Å²) in [5.74, 6) is 7.23. The molecule has 0 atom stereocenters. The highest BCUT2D eigenvalue weighted by molar-refractivity contribution is 5.80. The van der Waals surface area contributed by atoms with E-state index in [4.69, 9.17) is 10.6 Å². The molecule has 19 heavy (non-hydrogen) atoms. The SMILES string of the molecule is COc1ccc2nc(NN)n(C3CCCCC3)c2c1. The smallest absolute Gasteiger partial charge is 0.218 e. The lowest BCUT2D eigenvalue weighted by atomic mass is 9.95. The highest BCUT2D eigenvalue weighted by Gasteiger charge is 2.21. The van der Waals surface area contributed by atoms with Gasteiger partial charge in [-0.1, -0.05) is 19.3 Å². The second-order valence-corrected chi connectivity index (χ2v) is 5.10. The molecule has 1 aromatic heterocycles. The van der Waals surface area contributed by atoms with Crippen molar-refractivity contribution in [1.82, 2.24) is 9.55 Å². The summed E-state index contributed by atoms with van der Waals surface area (Å²) in [6.45, 7) is 0. The van der Waals surface area contributed by atoms with Crippen LogP contribution in [-0.2, 0) is 0 Å². The van der Waals surface area contributed by atoms with E-state index in [9.17, 15) is 0 Å². The molecule has 1 aliphatic rings. The summed E-state index contributed by atoms with van der Waals surface area (Å²) in [7, 11) is 1.69. The number of aromatic nitrogens is 2. The van der Waals surface area contributed by atoms with Crippen LogP contribution in [0.15, 0.2) is 18.2 Å². The predicted octanol–water partition coefficient (Wildman–Crippen LogP) is 2.84. The number of hydrogen-bond donors (Lipinski definition) is 2. The number of nitrogen functional groups attached to an aromatic ring is 1. The molecule has 1 aromatic carbocycles. The quantitative estimate of drug-likeness (QED) is 0.658. The molecule has 3 rings (SSSR count). The van der Waals surface area contributed by atoms with Crippen molar-refractivity contribution in [3.8, 4) is 5.75 Å². The summed E-state index contributed by atoms with van der Waals surface area (Å²) in [5, 5.41) is 0. The molecule has 0 bridgehead atoms. The first-order chi connectivity index (χ1) is 9.33. The molecule has 1 saturated carbocycles. The fraction of sp³-hybridized carbons (Fsp3) is 0.500. The summed E-state index contributed by atoms with van der Waals surface area (Å²) in [5.41, 5.74) is 4.79. The second kappa shape index (κ2) is 5.09. The Hall–Kier alpha value is -1.75. The number of ether oxygens (including phenoxy) is 1. The maximum Gasteiger partial charge on any atom is 0.218 e. The van der Waals surface area contributed by atoms with Gasteiger partial charge in [0.2, 0.25) is 5.95 Å². The van der Waals surface area contributed by atoms with Gasteiger partial charge in [-0.2, -0.15) is 0 Å². The number of hydrogen-bond acceptors (Lipinski definition) is 4. The molecule has 0 spiro atoms. The topological polar surface area (TPSA) is 65.1 Å². The molecule has 102 valence electrons. The minimum Gasteiger partial charge on any atom is -0.497 e. The maximum atomic E-state index is 5.63. The monoisotopic (exact) mass is 260 g/mol. The van der Waals surface area contributed by atoms with Gasteiger partial charge in [0.05, 0.1) is 18.1 Å². The van der Waals surface area contributed by atoms with Crippen LogP contribution in [0.25, 0.3) is 11.0 Å². The zero-order chi connectivity index (χ0) is 13.2. The Morgan fingerprint density at radius 1 is 1.32 bits per heavy atom. The van der Waals surface area contributed by atoms with Crippen LogP contribution in [-0.4, -0.2) is 16.7 Å². The van der Waals surface area contributed by atoms with Gasteiger partial charge in [0.25, 0.3) is 0 Å². The number of fused-ring (bicyclic) bond motifs is 1. The number of hydrazine groups is 1. The Labute approximate surface area is 112 Å². The number of nitrogens with two attached hydrogens (primary N) is 1. The number of methoxy groups -OCH3 is 1. The van der Waals surface area contributed by atoms with E-state index in [0.29, 0.717) is 6.04 Å². The number of benzene rings is 1. The minimum atomic E-state index is 0.483. The van der Waals surface area contributed by atoms with Crippen LogP contribution >= 0.6 is 0 Å². The zero-order valence-electron chi connectivity index (χ0n) is 11.2. The van der Waals surface area contributed by atoms with Crippen molar-refractivity contribution in [3.05, 3.63) is 18.2 Å². The van der Waals surface area contributed by atoms with Gasteiger partial charge in [0.15, 0.2) is 0 Å². The Kier molecular flexibility index (Phi) is 3.29. The van der Waals surface area contributed by atoms with Crippen LogP contribution in [0, 0.1) is 0 Å². The van der Waals surface area contributed by atoms with Gasteiger partial charge < -0.3 is 9.30 Å². The molecule has 1 heterocycles. The lowest BCUT2D eigenvalue weighted by Crippen LogP contribution is -2.18. The third-order valence-corrected chi connectivity index (χ3v) is 3.97. The first-order valence-corrected chi connectivity index (χ1v) is 6.86. The molecule has 1 aliphatic carbocycles. The van der Waals surface area contributed by atoms with Gasteiger partial charge in [-0.05, 0) is 25.0 Å². The van der Waals surface area contributed by atoms with Crippen molar-refractivity contribution >= 4 is 17.0 Å². The van der Waals surface area contributed by atoms with Crippen LogP contribution in [0.2, 0.25) is 0 Å². The average Bonchev–Trinajstić information content (AvgIpc) is 2.85. The highest BCUT2D eigenvalue weighted by atomic mass is 16.5. The second-order valence-electron chi connectivity index (χ2n) is 5.10. The van der Waals surface area contributed by atoms with E-state index in [0.717, 1.165) is 22.7 Å². The molecular weight excluding hydrogens is 240 g/mol. The molecule has 3 N–H and O–H groups in total. The summed E-state index contributed by atoms with van der Waals surface area (Å²) < 4.78 is 7.55. The normalized spacial score (nSPS) is 16.7. The first kappa shape index (κ1) is 12.3. The fourth-order valence-corrected chi connectivity index (χ4v) is 3.01. The van der Waals surface area contributed by atoms with E-state index in [2.05, 4.69) is 15.0 Å². The van der Waals surface area contributed by atoms with E-state index in [1.165, 1.54) is 32.1 Å². The van der Waals surface area contributed by atoms with Crippen molar-refractivity contribution in [2.45, 2.75) is 38.1 Å². The maximum absolute atomic E-state index is 5.63. The van der Waals surface area contributed by atoms with Crippen LogP contribution in [0.4, 0.5) is 5.95 Å². The van der Waals surface area contributed by atoms with Crippen LogP contribution in [0.5, 0.6) is 5.75 Å². The minimum absolute atomic E-state index is 0.483. The number of imidazole rings is 1. The Morgan fingerprint density at radius 2 is 2.11 bits per heavy atom. The third-order valence-electron chi connectivity index (χ3n) is 3.97. The molecule has 0 aliphatic heterocycles. The van der Waals surface area contributed by atoms with Crippen molar-refractivity contribution in [1.29, 1.82) is 0 Å². The molecule has 2 aromatic rings. The van der Waals surface area contributed by atoms with Gasteiger partial charge in [0, 0.05) is 12.1 Å². The largest absolute Gasteiger partial charge is 0.497 e. The van der Waals surface area contributed by atoms with Gasteiger partial charge >= 0.3 is 0 Å². The van der Waals surface area contributed by atoms with Gasteiger partial charge in [0.1, 0.15) is 5.75 Å². The van der Waals surface area contributed by atoms with E-state index in [-0.39, 0.29) is 0 Å². The number of rotatable bonds is 3. The molecule has 0 saturated heterocycles. The highest BCUT2D eigenvalue weighted by Crippen LogP contribution is 2.34. The summed E-state index contributed by atoms with van der Waals surface area (Å²) in [6.07, 6.45) is 6.27. The summed E-state index contributed by atoms with van der Waals surface area (Å²) >= 11 is 0. The van der Waals surface area contributed by atoms with Crippen molar-refractivity contribution < 1.29 is 4.74 Å². The summed E-state index contributed by atoms with van der Waals surface area (Å²) in [6, 6.07) is 6.43. The Bertz CT molecular complexity index is 572. The number of nitrogens with one attached hydrogen (secondary N) is 1. The molecule has 0 amide bonds. The zero-order valence-corrected chi connectivity index (χ0v) is 11.2. The van der Waals surface area contributed by atoms with E-state index >= 15 is 0 Å². The predicted molar refractivity (Wildman–Crippen MR) is 76.2 cm³/mol.